The summed E-state index contributed by atoms with van der Waals surface area (Å²) < 4.78 is 5.95. The van der Waals surface area contributed by atoms with Gasteiger partial charge in [-0.1, -0.05) is 58.3 Å². The molecule has 2 atom stereocenters. The van der Waals surface area contributed by atoms with Crippen LogP contribution in [0.1, 0.15) is 84.0 Å². The molecule has 1 aliphatic heterocycles. The molecule has 2 nitrogen and oxygen atoms in total. The SMILES string of the molecule is CCCCCCCCCCC1(CO)CCOC1C1CC1. The van der Waals surface area contributed by atoms with Crippen molar-refractivity contribution >= 4 is 0 Å². The van der Waals surface area contributed by atoms with Gasteiger partial charge in [0.2, 0.25) is 0 Å². The van der Waals surface area contributed by atoms with Gasteiger partial charge < -0.3 is 9.84 Å². The summed E-state index contributed by atoms with van der Waals surface area (Å²) in [6.07, 6.45) is 16.2. The molecule has 0 aromatic heterocycles. The van der Waals surface area contributed by atoms with Crippen LogP contribution >= 0.6 is 0 Å². The number of unbranched alkanes of at least 4 members (excludes halogenated alkanes) is 7. The minimum atomic E-state index is 0.114. The Morgan fingerprint density at radius 3 is 2.25 bits per heavy atom. The minimum absolute atomic E-state index is 0.114. The fourth-order valence-electron chi connectivity index (χ4n) is 3.87. The Kier molecular flexibility index (Phi) is 6.83. The van der Waals surface area contributed by atoms with E-state index in [0.717, 1.165) is 18.9 Å². The second kappa shape index (κ2) is 8.38. The van der Waals surface area contributed by atoms with Crippen molar-refractivity contribution in [2.75, 3.05) is 13.2 Å². The smallest absolute Gasteiger partial charge is 0.0682 e. The third-order valence-corrected chi connectivity index (χ3v) is 5.39. The molecule has 2 unspecified atom stereocenters. The summed E-state index contributed by atoms with van der Waals surface area (Å²) in [5, 5.41) is 9.88. The summed E-state index contributed by atoms with van der Waals surface area (Å²) >= 11 is 0. The molecule has 20 heavy (non-hydrogen) atoms. The zero-order valence-electron chi connectivity index (χ0n) is 13.4. The molecule has 1 aliphatic carbocycles. The van der Waals surface area contributed by atoms with Crippen molar-refractivity contribution in [3.05, 3.63) is 0 Å². The van der Waals surface area contributed by atoms with Crippen LogP contribution in [0.5, 0.6) is 0 Å². The van der Waals surface area contributed by atoms with Gasteiger partial charge in [0.25, 0.3) is 0 Å². The van der Waals surface area contributed by atoms with Crippen LogP contribution in [0.4, 0.5) is 0 Å². The van der Waals surface area contributed by atoms with Crippen molar-refractivity contribution in [3.63, 3.8) is 0 Å². The third-order valence-electron chi connectivity index (χ3n) is 5.39. The highest BCUT2D eigenvalue weighted by molar-refractivity contribution is 4.99. The van der Waals surface area contributed by atoms with Gasteiger partial charge in [0.05, 0.1) is 12.7 Å². The van der Waals surface area contributed by atoms with Gasteiger partial charge in [-0.3, -0.25) is 0 Å². The molecule has 2 heteroatoms. The number of rotatable bonds is 11. The maximum atomic E-state index is 9.88. The largest absolute Gasteiger partial charge is 0.396 e. The molecule has 2 aliphatic rings. The minimum Gasteiger partial charge on any atom is -0.396 e. The fraction of sp³-hybridized carbons (Fsp3) is 1.00. The van der Waals surface area contributed by atoms with Gasteiger partial charge in [-0.25, -0.2) is 0 Å². The maximum Gasteiger partial charge on any atom is 0.0682 e. The molecule has 1 saturated carbocycles. The monoisotopic (exact) mass is 282 g/mol. The second-order valence-electron chi connectivity index (χ2n) is 7.12. The summed E-state index contributed by atoms with van der Waals surface area (Å²) in [6, 6.07) is 0. The molecule has 1 heterocycles. The van der Waals surface area contributed by atoms with Crippen LogP contribution in [-0.2, 0) is 4.74 Å². The number of aliphatic hydroxyl groups is 1. The molecule has 2 fully saturated rings. The summed E-state index contributed by atoms with van der Waals surface area (Å²) in [5.74, 6) is 0.763. The van der Waals surface area contributed by atoms with Crippen LogP contribution in [0, 0.1) is 11.3 Å². The highest BCUT2D eigenvalue weighted by Crippen LogP contribution is 2.50. The maximum absolute atomic E-state index is 9.88. The molecule has 1 saturated heterocycles. The second-order valence-corrected chi connectivity index (χ2v) is 7.12. The first kappa shape index (κ1) is 16.3. The zero-order valence-corrected chi connectivity index (χ0v) is 13.4. The molecule has 2 rings (SSSR count). The van der Waals surface area contributed by atoms with Crippen LogP contribution in [0.15, 0.2) is 0 Å². The number of hydrogen-bond acceptors (Lipinski definition) is 2. The van der Waals surface area contributed by atoms with Crippen molar-refractivity contribution in [1.29, 1.82) is 0 Å². The predicted molar refractivity (Wildman–Crippen MR) is 83.8 cm³/mol. The van der Waals surface area contributed by atoms with Crippen LogP contribution in [-0.4, -0.2) is 24.4 Å². The quantitative estimate of drug-likeness (QED) is 0.557. The zero-order chi connectivity index (χ0) is 14.3. The van der Waals surface area contributed by atoms with E-state index in [-0.39, 0.29) is 5.41 Å². The number of ether oxygens (including phenoxy) is 1. The molecule has 0 aromatic carbocycles. The van der Waals surface area contributed by atoms with E-state index in [9.17, 15) is 5.11 Å². The van der Waals surface area contributed by atoms with Gasteiger partial charge in [-0.2, -0.15) is 0 Å². The lowest BCUT2D eigenvalue weighted by Crippen LogP contribution is -2.36. The molecule has 0 radical (unpaired) electrons. The molecule has 118 valence electrons. The third kappa shape index (κ3) is 4.46. The van der Waals surface area contributed by atoms with Crippen LogP contribution < -0.4 is 0 Å². The van der Waals surface area contributed by atoms with Gasteiger partial charge in [-0.15, -0.1) is 0 Å². The molecule has 1 N–H and O–H groups in total. The van der Waals surface area contributed by atoms with E-state index in [1.165, 1.54) is 70.6 Å². The molecule has 0 amide bonds. The van der Waals surface area contributed by atoms with Gasteiger partial charge in [0.1, 0.15) is 0 Å². The first-order chi connectivity index (χ1) is 9.82. The van der Waals surface area contributed by atoms with Crippen LogP contribution in [0.2, 0.25) is 0 Å². The summed E-state index contributed by atoms with van der Waals surface area (Å²) in [6.45, 7) is 3.48. The van der Waals surface area contributed by atoms with E-state index in [4.69, 9.17) is 4.74 Å². The van der Waals surface area contributed by atoms with E-state index in [1.54, 1.807) is 0 Å². The first-order valence-corrected chi connectivity index (χ1v) is 9.05. The van der Waals surface area contributed by atoms with Crippen molar-refractivity contribution in [1.82, 2.24) is 0 Å². The molecule has 0 bridgehead atoms. The average Bonchev–Trinajstić information content (AvgIpc) is 3.23. The van der Waals surface area contributed by atoms with Crippen molar-refractivity contribution in [2.24, 2.45) is 11.3 Å². The van der Waals surface area contributed by atoms with E-state index in [2.05, 4.69) is 6.92 Å². The Balaban J connectivity index is 1.59. The summed E-state index contributed by atoms with van der Waals surface area (Å²) in [4.78, 5) is 0. The van der Waals surface area contributed by atoms with Crippen molar-refractivity contribution in [2.45, 2.75) is 90.1 Å². The standard InChI is InChI=1S/C18H34O2/c1-2-3-4-5-6-7-8-9-12-18(15-19)13-14-20-17(18)16-10-11-16/h16-17,19H,2-15H2,1H3. The van der Waals surface area contributed by atoms with Gasteiger partial charge in [-0.05, 0) is 31.6 Å². The Hall–Kier alpha value is -0.0800. The van der Waals surface area contributed by atoms with E-state index >= 15 is 0 Å². The molecule has 0 aromatic rings. The van der Waals surface area contributed by atoms with E-state index < -0.39 is 0 Å². The molecular formula is C18H34O2. The summed E-state index contributed by atoms with van der Waals surface area (Å²) in [7, 11) is 0. The lowest BCUT2D eigenvalue weighted by molar-refractivity contribution is -0.00553. The lowest BCUT2D eigenvalue weighted by Gasteiger charge is -2.32. The Morgan fingerprint density at radius 1 is 1.00 bits per heavy atom. The lowest BCUT2D eigenvalue weighted by atomic mass is 9.75. The van der Waals surface area contributed by atoms with Crippen molar-refractivity contribution in [3.8, 4) is 0 Å². The van der Waals surface area contributed by atoms with Crippen LogP contribution in [0.25, 0.3) is 0 Å². The molecular weight excluding hydrogens is 248 g/mol. The summed E-state index contributed by atoms with van der Waals surface area (Å²) in [5.41, 5.74) is 0.114. The van der Waals surface area contributed by atoms with Crippen molar-refractivity contribution < 1.29 is 9.84 Å². The first-order valence-electron chi connectivity index (χ1n) is 9.05. The van der Waals surface area contributed by atoms with Gasteiger partial charge in [0, 0.05) is 12.0 Å². The fourth-order valence-corrected chi connectivity index (χ4v) is 3.87. The highest BCUT2D eigenvalue weighted by Gasteiger charge is 2.50. The topological polar surface area (TPSA) is 29.5 Å². The van der Waals surface area contributed by atoms with E-state index in [1.807, 2.05) is 0 Å². The highest BCUT2D eigenvalue weighted by atomic mass is 16.5. The van der Waals surface area contributed by atoms with Gasteiger partial charge in [0.15, 0.2) is 0 Å². The molecule has 0 spiro atoms. The average molecular weight is 282 g/mol. The Morgan fingerprint density at radius 2 is 1.65 bits per heavy atom. The van der Waals surface area contributed by atoms with Gasteiger partial charge >= 0.3 is 0 Å². The Labute approximate surface area is 125 Å². The van der Waals surface area contributed by atoms with Crippen LogP contribution in [0.3, 0.4) is 0 Å². The normalized spacial score (nSPS) is 30.0. The Bertz CT molecular complexity index is 262. The predicted octanol–water partition coefficient (Wildman–Crippen LogP) is 4.69. The number of hydrogen-bond donors (Lipinski definition) is 1. The van der Waals surface area contributed by atoms with E-state index in [0.29, 0.717) is 12.7 Å². The number of aliphatic hydroxyl groups excluding tert-OH is 1.